The maximum absolute atomic E-state index is 11.4. The third kappa shape index (κ3) is 1.35. The van der Waals surface area contributed by atoms with Gasteiger partial charge in [-0.25, -0.2) is 0 Å². The molecule has 0 aliphatic carbocycles. The van der Waals surface area contributed by atoms with Crippen LogP contribution in [0.15, 0.2) is 10.9 Å². The van der Waals surface area contributed by atoms with Gasteiger partial charge >= 0.3 is 0 Å². The molecular formula is C8H10N4O2. The summed E-state index contributed by atoms with van der Waals surface area (Å²) in [5.74, 6) is 0.0832. The Bertz CT molecular complexity index is 514. The standard InChI is InChI=1S/C8H10N4O2/c9-8-11-6-5(7(14)12-8)3-4(10-6)1-2-13/h3,13H,1-2H2,(H4,9,10,11,12,14). The number of hydrogen-bond donors (Lipinski definition) is 4. The molecular weight excluding hydrogens is 184 g/mol. The van der Waals surface area contributed by atoms with Gasteiger partial charge in [0.2, 0.25) is 5.95 Å². The number of nitrogens with two attached hydrogens (primary N) is 1. The lowest BCUT2D eigenvalue weighted by molar-refractivity contribution is 0.298. The molecule has 0 aromatic carbocycles. The number of rotatable bonds is 2. The van der Waals surface area contributed by atoms with Crippen LogP contribution >= 0.6 is 0 Å². The third-order valence-electron chi connectivity index (χ3n) is 1.95. The average Bonchev–Trinajstić information content (AvgIpc) is 2.48. The summed E-state index contributed by atoms with van der Waals surface area (Å²) >= 11 is 0. The Hall–Kier alpha value is -1.82. The van der Waals surface area contributed by atoms with Crippen LogP contribution in [0.3, 0.4) is 0 Å². The van der Waals surface area contributed by atoms with Crippen LogP contribution in [0.4, 0.5) is 5.95 Å². The molecule has 2 heterocycles. The molecule has 0 spiro atoms. The van der Waals surface area contributed by atoms with Crippen LogP contribution in [0, 0.1) is 0 Å². The molecule has 2 rings (SSSR count). The van der Waals surface area contributed by atoms with Gasteiger partial charge in [0.15, 0.2) is 0 Å². The normalized spacial score (nSPS) is 10.9. The van der Waals surface area contributed by atoms with Crippen molar-refractivity contribution in [3.8, 4) is 0 Å². The van der Waals surface area contributed by atoms with E-state index >= 15 is 0 Å². The molecule has 0 saturated carbocycles. The fraction of sp³-hybridized carbons (Fsp3) is 0.250. The van der Waals surface area contributed by atoms with Gasteiger partial charge < -0.3 is 15.8 Å². The van der Waals surface area contributed by atoms with Gasteiger partial charge in [0.05, 0.1) is 5.39 Å². The number of aliphatic hydroxyl groups excluding tert-OH is 1. The van der Waals surface area contributed by atoms with E-state index in [1.807, 2.05) is 0 Å². The highest BCUT2D eigenvalue weighted by Crippen LogP contribution is 2.09. The Morgan fingerprint density at radius 1 is 1.50 bits per heavy atom. The molecule has 0 bridgehead atoms. The fourth-order valence-electron chi connectivity index (χ4n) is 1.35. The number of nitrogen functional groups attached to an aromatic ring is 1. The lowest BCUT2D eigenvalue weighted by Gasteiger charge is -1.91. The first-order valence-electron chi connectivity index (χ1n) is 4.19. The first-order chi connectivity index (χ1) is 6.70. The zero-order chi connectivity index (χ0) is 10.1. The summed E-state index contributed by atoms with van der Waals surface area (Å²) in [6, 6.07) is 1.66. The molecule has 0 aliphatic rings. The Balaban J connectivity index is 2.65. The number of fused-ring (bicyclic) bond motifs is 1. The summed E-state index contributed by atoms with van der Waals surface area (Å²) in [7, 11) is 0. The second kappa shape index (κ2) is 3.15. The van der Waals surface area contributed by atoms with Gasteiger partial charge in [-0.05, 0) is 6.07 Å². The highest BCUT2D eigenvalue weighted by Gasteiger charge is 2.05. The molecule has 0 atom stereocenters. The van der Waals surface area contributed by atoms with Gasteiger partial charge in [0.25, 0.3) is 5.56 Å². The van der Waals surface area contributed by atoms with Crippen LogP contribution in [0.5, 0.6) is 0 Å². The van der Waals surface area contributed by atoms with E-state index in [0.717, 1.165) is 5.69 Å². The van der Waals surface area contributed by atoms with Crippen molar-refractivity contribution in [2.75, 3.05) is 12.3 Å². The Morgan fingerprint density at radius 3 is 3.00 bits per heavy atom. The summed E-state index contributed by atoms with van der Waals surface area (Å²) in [4.78, 5) is 20.6. The Morgan fingerprint density at radius 2 is 2.29 bits per heavy atom. The van der Waals surface area contributed by atoms with Gasteiger partial charge in [-0.3, -0.25) is 9.78 Å². The minimum absolute atomic E-state index is 0.0280. The second-order valence-corrected chi connectivity index (χ2v) is 2.98. The predicted octanol–water partition coefficient (Wildman–Crippen LogP) is -0.632. The number of nitrogens with one attached hydrogen (secondary N) is 2. The largest absolute Gasteiger partial charge is 0.396 e. The monoisotopic (exact) mass is 194 g/mol. The minimum atomic E-state index is -0.270. The average molecular weight is 194 g/mol. The van der Waals surface area contributed by atoms with Crippen molar-refractivity contribution >= 4 is 17.0 Å². The van der Waals surface area contributed by atoms with Gasteiger partial charge in [0.1, 0.15) is 5.65 Å². The first-order valence-corrected chi connectivity index (χ1v) is 4.19. The van der Waals surface area contributed by atoms with Crippen LogP contribution in [0.1, 0.15) is 5.69 Å². The van der Waals surface area contributed by atoms with Crippen molar-refractivity contribution < 1.29 is 5.11 Å². The molecule has 0 unspecified atom stereocenters. The number of nitrogens with zero attached hydrogens (tertiary/aromatic N) is 1. The molecule has 0 radical (unpaired) electrons. The number of aromatic nitrogens is 3. The van der Waals surface area contributed by atoms with Crippen molar-refractivity contribution in [3.63, 3.8) is 0 Å². The van der Waals surface area contributed by atoms with E-state index < -0.39 is 0 Å². The van der Waals surface area contributed by atoms with Crippen molar-refractivity contribution in [1.82, 2.24) is 15.0 Å². The predicted molar refractivity (Wildman–Crippen MR) is 51.9 cm³/mol. The van der Waals surface area contributed by atoms with Crippen molar-refractivity contribution in [2.45, 2.75) is 6.42 Å². The summed E-state index contributed by atoms with van der Waals surface area (Å²) in [5, 5.41) is 9.18. The smallest absolute Gasteiger partial charge is 0.261 e. The van der Waals surface area contributed by atoms with Crippen molar-refractivity contribution in [2.24, 2.45) is 0 Å². The molecule has 2 aromatic heterocycles. The van der Waals surface area contributed by atoms with E-state index in [0.29, 0.717) is 17.5 Å². The molecule has 6 heteroatoms. The Kier molecular flexibility index (Phi) is 1.97. The highest BCUT2D eigenvalue weighted by atomic mass is 16.3. The van der Waals surface area contributed by atoms with E-state index in [1.54, 1.807) is 6.07 Å². The summed E-state index contributed by atoms with van der Waals surface area (Å²) in [6.45, 7) is 0.0280. The third-order valence-corrected chi connectivity index (χ3v) is 1.95. The molecule has 14 heavy (non-hydrogen) atoms. The van der Waals surface area contributed by atoms with Gasteiger partial charge in [-0.1, -0.05) is 0 Å². The van der Waals surface area contributed by atoms with Gasteiger partial charge in [0, 0.05) is 18.7 Å². The lowest BCUT2D eigenvalue weighted by Crippen LogP contribution is -2.09. The van der Waals surface area contributed by atoms with E-state index in [-0.39, 0.29) is 18.1 Å². The van der Waals surface area contributed by atoms with Crippen LogP contribution < -0.4 is 11.3 Å². The van der Waals surface area contributed by atoms with Gasteiger partial charge in [-0.15, -0.1) is 0 Å². The van der Waals surface area contributed by atoms with Crippen molar-refractivity contribution in [3.05, 3.63) is 22.1 Å². The maximum atomic E-state index is 11.4. The molecule has 6 nitrogen and oxygen atoms in total. The summed E-state index contributed by atoms with van der Waals surface area (Å²) in [6.07, 6.45) is 0.468. The Labute approximate surface area is 78.8 Å². The SMILES string of the molecule is Nc1nc2[nH]c(CCO)cc2c(=O)[nH]1. The molecule has 74 valence electrons. The van der Waals surface area contributed by atoms with Crippen LogP contribution in [0.2, 0.25) is 0 Å². The van der Waals surface area contributed by atoms with E-state index in [2.05, 4.69) is 15.0 Å². The lowest BCUT2D eigenvalue weighted by atomic mass is 10.3. The molecule has 2 aromatic rings. The number of anilines is 1. The second-order valence-electron chi connectivity index (χ2n) is 2.98. The van der Waals surface area contributed by atoms with Gasteiger partial charge in [-0.2, -0.15) is 4.98 Å². The van der Waals surface area contributed by atoms with E-state index in [1.165, 1.54) is 0 Å². The summed E-state index contributed by atoms with van der Waals surface area (Å²) < 4.78 is 0. The van der Waals surface area contributed by atoms with Crippen molar-refractivity contribution in [1.29, 1.82) is 0 Å². The summed E-state index contributed by atoms with van der Waals surface area (Å²) in [5.41, 5.74) is 6.32. The molecule has 5 N–H and O–H groups in total. The molecule has 0 saturated heterocycles. The van der Waals surface area contributed by atoms with Crippen LogP contribution in [-0.2, 0) is 6.42 Å². The zero-order valence-corrected chi connectivity index (χ0v) is 7.37. The fourth-order valence-corrected chi connectivity index (χ4v) is 1.35. The first kappa shape index (κ1) is 8.76. The van der Waals surface area contributed by atoms with E-state index in [9.17, 15) is 4.79 Å². The minimum Gasteiger partial charge on any atom is -0.396 e. The van der Waals surface area contributed by atoms with Crippen LogP contribution in [-0.4, -0.2) is 26.7 Å². The quantitative estimate of drug-likeness (QED) is 0.510. The number of hydrogen-bond acceptors (Lipinski definition) is 4. The topological polar surface area (TPSA) is 108 Å². The zero-order valence-electron chi connectivity index (χ0n) is 7.37. The number of aliphatic hydroxyl groups is 1. The molecule has 0 aliphatic heterocycles. The number of aromatic amines is 2. The molecule has 0 fully saturated rings. The van der Waals surface area contributed by atoms with E-state index in [4.69, 9.17) is 10.8 Å². The number of H-pyrrole nitrogens is 2. The highest BCUT2D eigenvalue weighted by molar-refractivity contribution is 5.76. The maximum Gasteiger partial charge on any atom is 0.261 e. The van der Waals surface area contributed by atoms with Crippen LogP contribution in [0.25, 0.3) is 11.0 Å². The molecule has 0 amide bonds.